The zero-order valence-corrected chi connectivity index (χ0v) is 22.9. The third kappa shape index (κ3) is 5.81. The Kier molecular flexibility index (Phi) is 7.93. The van der Waals surface area contributed by atoms with Gasteiger partial charge in [-0.15, -0.1) is 5.10 Å². The quantitative estimate of drug-likeness (QED) is 0.141. The summed E-state index contributed by atoms with van der Waals surface area (Å²) in [4.78, 5) is 29.7. The number of ether oxygens (including phenoxy) is 2. The van der Waals surface area contributed by atoms with Crippen LogP contribution in [0.2, 0.25) is 0 Å². The number of aromatic carboxylic acids is 1. The van der Waals surface area contributed by atoms with Gasteiger partial charge < -0.3 is 30.5 Å². The molecule has 1 aliphatic heterocycles. The summed E-state index contributed by atoms with van der Waals surface area (Å²) in [6.07, 6.45) is 0.509. The first kappa shape index (κ1) is 28.4. The fraction of sp³-hybridized carbons (Fsp3) is 0.241. The van der Waals surface area contributed by atoms with Crippen LogP contribution in [0.5, 0.6) is 11.5 Å². The smallest absolute Gasteiger partial charge is 0.348 e. The summed E-state index contributed by atoms with van der Waals surface area (Å²) in [5.41, 5.74) is 5.85. The van der Waals surface area contributed by atoms with Crippen LogP contribution >= 0.6 is 0 Å². The Hall–Kier alpha value is -5.17. The molecule has 0 spiro atoms. The number of halogens is 1. The minimum atomic E-state index is -1.24. The van der Waals surface area contributed by atoms with E-state index in [-0.39, 0.29) is 40.3 Å². The van der Waals surface area contributed by atoms with Crippen molar-refractivity contribution in [3.63, 3.8) is 0 Å². The van der Waals surface area contributed by atoms with E-state index < -0.39 is 23.5 Å². The summed E-state index contributed by atoms with van der Waals surface area (Å²) in [5.74, 6) is -1.71. The minimum Gasteiger partial charge on any atom is -0.497 e. The third-order valence-corrected chi connectivity index (χ3v) is 7.01. The highest BCUT2D eigenvalue weighted by molar-refractivity contribution is 5.95. The number of nitrogens with zero attached hydrogens (tertiary/aromatic N) is 3. The number of para-hydroxylation sites is 1. The van der Waals surface area contributed by atoms with E-state index in [0.717, 1.165) is 17.6 Å². The van der Waals surface area contributed by atoms with Gasteiger partial charge in [0.05, 0.1) is 18.4 Å². The Morgan fingerprint density at radius 2 is 1.98 bits per heavy atom. The zero-order chi connectivity index (χ0) is 30.0. The zero-order valence-electron chi connectivity index (χ0n) is 22.9. The number of hydrogen-bond acceptors (Lipinski definition) is 8. The molecule has 13 heteroatoms. The molecule has 2 atom stereocenters. The van der Waals surface area contributed by atoms with E-state index in [0.29, 0.717) is 23.5 Å². The standard InChI is InChI=1S/C29H30FN7O5/c1-36-12-11-18(15-36)42-23-14-19(41-2)13-21(24(23)30)25(33-17-9-7-16(8-10-17)26(31)32)27-34-29(40)37(35-27)22-6-4-3-5-20(22)28(38)39/h3-10,13-14,18,25,33H,11-12,15H2,1-2H3,(H3,31,32)(H,38,39)(H,34,35,40). The molecule has 218 valence electrons. The molecule has 0 aliphatic carbocycles. The molecule has 42 heavy (non-hydrogen) atoms. The molecule has 1 aliphatic rings. The van der Waals surface area contributed by atoms with Crippen LogP contribution in [0.3, 0.4) is 0 Å². The molecule has 1 aromatic heterocycles. The second-order valence-corrected chi connectivity index (χ2v) is 9.94. The van der Waals surface area contributed by atoms with Gasteiger partial charge in [0.25, 0.3) is 0 Å². The lowest BCUT2D eigenvalue weighted by Crippen LogP contribution is -2.23. The number of H-pyrrole nitrogens is 1. The number of aromatic amines is 1. The number of rotatable bonds is 10. The molecule has 12 nitrogen and oxygen atoms in total. The molecule has 1 saturated heterocycles. The molecule has 0 amide bonds. The number of anilines is 1. The van der Waals surface area contributed by atoms with Gasteiger partial charge in [-0.1, -0.05) is 12.1 Å². The highest BCUT2D eigenvalue weighted by Gasteiger charge is 2.29. The Balaban J connectivity index is 1.63. The molecule has 1 fully saturated rings. The first-order chi connectivity index (χ1) is 20.1. The van der Waals surface area contributed by atoms with Crippen molar-refractivity contribution in [2.45, 2.75) is 18.6 Å². The lowest BCUT2D eigenvalue weighted by Gasteiger charge is -2.22. The van der Waals surface area contributed by atoms with E-state index in [1.807, 2.05) is 7.05 Å². The van der Waals surface area contributed by atoms with Crippen LogP contribution in [0.15, 0.2) is 65.5 Å². The number of benzene rings is 3. The van der Waals surface area contributed by atoms with Gasteiger partial charge in [-0.05, 0) is 55.9 Å². The number of amidine groups is 1. The molecule has 0 radical (unpaired) electrons. The number of likely N-dealkylation sites (N-methyl/N-ethyl adjacent to an activating group) is 1. The average molecular weight is 576 g/mol. The van der Waals surface area contributed by atoms with Crippen LogP contribution in [0.25, 0.3) is 5.69 Å². The second-order valence-electron chi connectivity index (χ2n) is 9.94. The number of nitrogens with two attached hydrogens (primary N) is 1. The number of nitrogen functional groups attached to an aromatic ring is 1. The van der Waals surface area contributed by atoms with Crippen molar-refractivity contribution in [2.75, 3.05) is 32.6 Å². The molecule has 2 unspecified atom stereocenters. The maximum Gasteiger partial charge on any atom is 0.348 e. The van der Waals surface area contributed by atoms with Crippen LogP contribution in [-0.2, 0) is 0 Å². The van der Waals surface area contributed by atoms with Crippen molar-refractivity contribution in [1.82, 2.24) is 19.7 Å². The lowest BCUT2D eigenvalue weighted by atomic mass is 10.0. The van der Waals surface area contributed by atoms with E-state index in [9.17, 15) is 14.7 Å². The first-order valence-electron chi connectivity index (χ1n) is 13.1. The number of carboxylic acids is 1. The normalized spacial score (nSPS) is 15.7. The fourth-order valence-electron chi connectivity index (χ4n) is 4.86. The summed E-state index contributed by atoms with van der Waals surface area (Å²) in [7, 11) is 3.41. The van der Waals surface area contributed by atoms with Gasteiger partial charge in [-0.3, -0.25) is 10.4 Å². The van der Waals surface area contributed by atoms with Gasteiger partial charge in [0.15, 0.2) is 17.4 Å². The van der Waals surface area contributed by atoms with Crippen LogP contribution in [0.1, 0.15) is 39.8 Å². The van der Waals surface area contributed by atoms with Gasteiger partial charge in [0.1, 0.15) is 23.7 Å². The van der Waals surface area contributed by atoms with E-state index in [1.165, 1.54) is 37.4 Å². The minimum absolute atomic E-state index is 0.00883. The summed E-state index contributed by atoms with van der Waals surface area (Å²) < 4.78 is 28.7. The monoisotopic (exact) mass is 575 g/mol. The number of nitrogens with one attached hydrogen (secondary N) is 3. The Bertz CT molecular complexity index is 1680. The van der Waals surface area contributed by atoms with Crippen LogP contribution < -0.4 is 26.2 Å². The summed E-state index contributed by atoms with van der Waals surface area (Å²) in [6.45, 7) is 1.46. The van der Waals surface area contributed by atoms with Crippen LogP contribution in [0.4, 0.5) is 10.1 Å². The van der Waals surface area contributed by atoms with Crippen LogP contribution in [-0.4, -0.2) is 69.9 Å². The highest BCUT2D eigenvalue weighted by Crippen LogP contribution is 2.36. The topological polar surface area (TPSA) is 172 Å². The Morgan fingerprint density at radius 1 is 1.24 bits per heavy atom. The number of likely N-dealkylation sites (tertiary alicyclic amines) is 1. The first-order valence-corrected chi connectivity index (χ1v) is 13.1. The molecule has 2 heterocycles. The molecule has 0 bridgehead atoms. The lowest BCUT2D eigenvalue weighted by molar-refractivity contribution is 0.0696. The number of methoxy groups -OCH3 is 1. The Labute approximate surface area is 240 Å². The van der Waals surface area contributed by atoms with Crippen molar-refractivity contribution >= 4 is 17.5 Å². The summed E-state index contributed by atoms with van der Waals surface area (Å²) >= 11 is 0. The van der Waals surface area contributed by atoms with Crippen LogP contribution in [0, 0.1) is 11.2 Å². The summed E-state index contributed by atoms with van der Waals surface area (Å²) in [6, 6.07) is 14.4. The SMILES string of the molecule is COc1cc(OC2CCN(C)C2)c(F)c(C(Nc2ccc(C(=N)N)cc2)c2nn(-c3ccccc3C(=O)O)c(=O)[nH]2)c1. The van der Waals surface area contributed by atoms with Gasteiger partial charge in [-0.25, -0.2) is 14.0 Å². The molecular formula is C29H30FN7O5. The van der Waals surface area contributed by atoms with Crippen molar-refractivity contribution in [3.8, 4) is 17.2 Å². The van der Waals surface area contributed by atoms with Gasteiger partial charge in [0, 0.05) is 36.0 Å². The fourth-order valence-corrected chi connectivity index (χ4v) is 4.86. The maximum atomic E-state index is 16.3. The van der Waals surface area contributed by atoms with Crippen molar-refractivity contribution in [3.05, 3.63) is 99.5 Å². The number of carboxylic acid groups (broad SMARTS) is 1. The Morgan fingerprint density at radius 3 is 2.62 bits per heavy atom. The second kappa shape index (κ2) is 11.7. The predicted octanol–water partition coefficient (Wildman–Crippen LogP) is 2.97. The number of hydrogen-bond donors (Lipinski definition) is 5. The van der Waals surface area contributed by atoms with Crippen molar-refractivity contribution < 1.29 is 23.8 Å². The number of carbonyl (C=O) groups is 1. The molecule has 0 saturated carbocycles. The van der Waals surface area contributed by atoms with E-state index in [1.54, 1.807) is 30.3 Å². The van der Waals surface area contributed by atoms with E-state index in [4.69, 9.17) is 20.6 Å². The maximum absolute atomic E-state index is 16.3. The average Bonchev–Trinajstić information content (AvgIpc) is 3.57. The van der Waals surface area contributed by atoms with Crippen molar-refractivity contribution in [2.24, 2.45) is 5.73 Å². The molecule has 4 aromatic rings. The molecule has 3 aromatic carbocycles. The highest BCUT2D eigenvalue weighted by atomic mass is 19.1. The largest absolute Gasteiger partial charge is 0.497 e. The predicted molar refractivity (Wildman–Crippen MR) is 154 cm³/mol. The molecular weight excluding hydrogens is 545 g/mol. The third-order valence-electron chi connectivity index (χ3n) is 7.01. The summed E-state index contributed by atoms with van der Waals surface area (Å²) in [5, 5.41) is 24.9. The van der Waals surface area contributed by atoms with Gasteiger partial charge in [-0.2, -0.15) is 4.68 Å². The van der Waals surface area contributed by atoms with E-state index >= 15 is 4.39 Å². The van der Waals surface area contributed by atoms with Crippen molar-refractivity contribution in [1.29, 1.82) is 5.41 Å². The van der Waals surface area contributed by atoms with Gasteiger partial charge in [0.2, 0.25) is 0 Å². The number of aromatic nitrogens is 3. The van der Waals surface area contributed by atoms with Gasteiger partial charge >= 0.3 is 11.7 Å². The van der Waals surface area contributed by atoms with E-state index in [2.05, 4.69) is 20.3 Å². The molecule has 6 N–H and O–H groups in total. The molecule has 5 rings (SSSR count).